The molecule has 0 aliphatic heterocycles. The molecule has 3 aromatic rings. The first kappa shape index (κ1) is 21.4. The van der Waals surface area contributed by atoms with Crippen molar-refractivity contribution in [2.24, 2.45) is 0 Å². The maximum absolute atomic E-state index is 13.1. The molecule has 0 aliphatic rings. The van der Waals surface area contributed by atoms with Crippen LogP contribution in [0.25, 0.3) is 0 Å². The van der Waals surface area contributed by atoms with E-state index in [4.69, 9.17) is 13.3 Å². The van der Waals surface area contributed by atoms with Crippen molar-refractivity contribution < 1.29 is 26.5 Å². The minimum atomic E-state index is -3.59. The SMILES string of the molecule is CCS(=O)(=O)Oc1ccc(CN(Cc2ccco2)C(=O)c2ccc(OC)cc2)cc1. The van der Waals surface area contributed by atoms with E-state index in [0.717, 1.165) is 5.56 Å². The molecule has 3 rings (SSSR count). The molecule has 0 N–H and O–H groups in total. The van der Waals surface area contributed by atoms with Gasteiger partial charge in [0.2, 0.25) is 0 Å². The maximum Gasteiger partial charge on any atom is 0.308 e. The quantitative estimate of drug-likeness (QED) is 0.480. The molecule has 0 radical (unpaired) electrons. The average Bonchev–Trinajstić information content (AvgIpc) is 3.27. The highest BCUT2D eigenvalue weighted by molar-refractivity contribution is 7.87. The molecule has 0 bridgehead atoms. The number of furan rings is 1. The van der Waals surface area contributed by atoms with Crippen molar-refractivity contribution in [3.8, 4) is 11.5 Å². The second kappa shape index (κ2) is 9.49. The van der Waals surface area contributed by atoms with E-state index < -0.39 is 10.1 Å². The van der Waals surface area contributed by atoms with Crippen LogP contribution < -0.4 is 8.92 Å². The van der Waals surface area contributed by atoms with E-state index in [1.807, 2.05) is 0 Å². The van der Waals surface area contributed by atoms with Gasteiger partial charge in [0.25, 0.3) is 5.91 Å². The summed E-state index contributed by atoms with van der Waals surface area (Å²) in [5.74, 6) is 1.29. The first-order valence-corrected chi connectivity index (χ1v) is 10.9. The van der Waals surface area contributed by atoms with Gasteiger partial charge in [0.1, 0.15) is 17.3 Å². The predicted octanol–water partition coefficient (Wildman–Crippen LogP) is 3.86. The molecule has 0 fully saturated rings. The van der Waals surface area contributed by atoms with Crippen molar-refractivity contribution in [1.29, 1.82) is 0 Å². The largest absolute Gasteiger partial charge is 0.497 e. The van der Waals surface area contributed by atoms with E-state index >= 15 is 0 Å². The lowest BCUT2D eigenvalue weighted by Crippen LogP contribution is -2.30. The fourth-order valence-corrected chi connectivity index (χ4v) is 3.30. The Morgan fingerprint density at radius 2 is 1.63 bits per heavy atom. The summed E-state index contributed by atoms with van der Waals surface area (Å²) in [6, 6.07) is 17.1. The van der Waals surface area contributed by atoms with Gasteiger partial charge in [-0.05, 0) is 61.0 Å². The van der Waals surface area contributed by atoms with Crippen LogP contribution in [0.1, 0.15) is 28.6 Å². The molecule has 0 aliphatic carbocycles. The number of benzene rings is 2. The molecule has 1 aromatic heterocycles. The first-order chi connectivity index (χ1) is 14.4. The molecular formula is C22H23NO6S. The van der Waals surface area contributed by atoms with Gasteiger partial charge >= 0.3 is 10.1 Å². The lowest BCUT2D eigenvalue weighted by atomic mass is 10.1. The molecule has 0 saturated heterocycles. The topological polar surface area (TPSA) is 86.1 Å². The molecule has 30 heavy (non-hydrogen) atoms. The third kappa shape index (κ3) is 5.64. The summed E-state index contributed by atoms with van der Waals surface area (Å²) in [7, 11) is -2.02. The smallest absolute Gasteiger partial charge is 0.308 e. The van der Waals surface area contributed by atoms with Crippen LogP contribution in [0.3, 0.4) is 0 Å². The fraction of sp³-hybridized carbons (Fsp3) is 0.227. The minimum Gasteiger partial charge on any atom is -0.497 e. The average molecular weight is 429 g/mol. The molecule has 0 unspecified atom stereocenters. The van der Waals surface area contributed by atoms with Gasteiger partial charge in [0.05, 0.1) is 25.7 Å². The fourth-order valence-electron chi connectivity index (χ4n) is 2.78. The Balaban J connectivity index is 1.79. The molecule has 8 heteroatoms. The molecule has 2 aromatic carbocycles. The van der Waals surface area contributed by atoms with Crippen molar-refractivity contribution in [3.63, 3.8) is 0 Å². The van der Waals surface area contributed by atoms with E-state index in [1.165, 1.54) is 6.92 Å². The van der Waals surface area contributed by atoms with Crippen LogP contribution in [-0.4, -0.2) is 32.1 Å². The van der Waals surface area contributed by atoms with Crippen LogP contribution in [0, 0.1) is 0 Å². The lowest BCUT2D eigenvalue weighted by molar-refractivity contribution is 0.0717. The summed E-state index contributed by atoms with van der Waals surface area (Å²) < 4.78 is 38.8. The van der Waals surface area contributed by atoms with E-state index in [-0.39, 0.29) is 17.4 Å². The maximum atomic E-state index is 13.1. The van der Waals surface area contributed by atoms with E-state index in [9.17, 15) is 13.2 Å². The molecule has 0 atom stereocenters. The number of ether oxygens (including phenoxy) is 1. The van der Waals surface area contributed by atoms with Gasteiger partial charge < -0.3 is 18.2 Å². The number of hydrogen-bond donors (Lipinski definition) is 0. The van der Waals surface area contributed by atoms with Gasteiger partial charge in [-0.2, -0.15) is 8.42 Å². The third-order valence-electron chi connectivity index (χ3n) is 4.42. The van der Waals surface area contributed by atoms with Gasteiger partial charge in [0.15, 0.2) is 0 Å². The second-order valence-electron chi connectivity index (χ2n) is 6.54. The normalized spacial score (nSPS) is 11.1. The van der Waals surface area contributed by atoms with Gasteiger partial charge in [-0.1, -0.05) is 12.1 Å². The Morgan fingerprint density at radius 3 is 2.20 bits per heavy atom. The monoisotopic (exact) mass is 429 g/mol. The summed E-state index contributed by atoms with van der Waals surface area (Å²) in [4.78, 5) is 14.8. The summed E-state index contributed by atoms with van der Waals surface area (Å²) in [6.07, 6.45) is 1.56. The van der Waals surface area contributed by atoms with Crippen LogP contribution in [0.4, 0.5) is 0 Å². The number of amides is 1. The van der Waals surface area contributed by atoms with Crippen molar-refractivity contribution in [1.82, 2.24) is 4.90 Å². The van der Waals surface area contributed by atoms with Gasteiger partial charge in [-0.3, -0.25) is 4.79 Å². The van der Waals surface area contributed by atoms with E-state index in [0.29, 0.717) is 30.2 Å². The van der Waals surface area contributed by atoms with Crippen molar-refractivity contribution in [2.75, 3.05) is 12.9 Å². The number of hydrogen-bond acceptors (Lipinski definition) is 6. The Hall–Kier alpha value is -3.26. The highest BCUT2D eigenvalue weighted by Crippen LogP contribution is 2.20. The minimum absolute atomic E-state index is 0.109. The molecule has 7 nitrogen and oxygen atoms in total. The standard InChI is InChI=1S/C22H23NO6S/c1-3-30(25,26)29-20-10-6-17(7-11-20)15-23(16-21-5-4-14-28-21)22(24)18-8-12-19(27-2)13-9-18/h4-14H,3,15-16H2,1-2H3. The number of nitrogens with zero attached hydrogens (tertiary/aromatic N) is 1. The number of carbonyl (C=O) groups is 1. The van der Waals surface area contributed by atoms with E-state index in [1.54, 1.807) is 78.9 Å². The molecule has 0 saturated carbocycles. The predicted molar refractivity (Wildman–Crippen MR) is 112 cm³/mol. The Bertz CT molecular complexity index is 1060. The van der Waals surface area contributed by atoms with Crippen LogP contribution in [0.2, 0.25) is 0 Å². The number of rotatable bonds is 9. The first-order valence-electron chi connectivity index (χ1n) is 9.37. The highest BCUT2D eigenvalue weighted by atomic mass is 32.2. The molecule has 1 heterocycles. The number of carbonyl (C=O) groups excluding carboxylic acids is 1. The molecule has 0 spiro atoms. The Morgan fingerprint density at radius 1 is 0.967 bits per heavy atom. The number of methoxy groups -OCH3 is 1. The molecular weight excluding hydrogens is 406 g/mol. The molecule has 158 valence electrons. The summed E-state index contributed by atoms with van der Waals surface area (Å²) >= 11 is 0. The molecule has 1 amide bonds. The van der Waals surface area contributed by atoms with Gasteiger partial charge in [-0.15, -0.1) is 0 Å². The summed E-state index contributed by atoms with van der Waals surface area (Å²) in [5, 5.41) is 0. The van der Waals surface area contributed by atoms with Crippen molar-refractivity contribution >= 4 is 16.0 Å². The third-order valence-corrected chi connectivity index (χ3v) is 5.58. The Labute approximate surface area is 176 Å². The zero-order valence-corrected chi connectivity index (χ0v) is 17.6. The summed E-state index contributed by atoms with van der Waals surface area (Å²) in [6.45, 7) is 2.12. The van der Waals surface area contributed by atoms with Crippen molar-refractivity contribution in [2.45, 2.75) is 20.0 Å². The zero-order chi connectivity index (χ0) is 21.6. The summed E-state index contributed by atoms with van der Waals surface area (Å²) in [5.41, 5.74) is 1.35. The van der Waals surface area contributed by atoms with Crippen LogP contribution in [-0.2, 0) is 23.2 Å². The van der Waals surface area contributed by atoms with Crippen LogP contribution in [0.5, 0.6) is 11.5 Å². The highest BCUT2D eigenvalue weighted by Gasteiger charge is 2.18. The van der Waals surface area contributed by atoms with E-state index in [2.05, 4.69) is 0 Å². The van der Waals surface area contributed by atoms with Crippen molar-refractivity contribution in [3.05, 3.63) is 83.8 Å². The van der Waals surface area contributed by atoms with Gasteiger partial charge in [-0.25, -0.2) is 0 Å². The second-order valence-corrected chi connectivity index (χ2v) is 8.40. The lowest BCUT2D eigenvalue weighted by Gasteiger charge is -2.22. The zero-order valence-electron chi connectivity index (χ0n) is 16.8. The van der Waals surface area contributed by atoms with Crippen LogP contribution >= 0.6 is 0 Å². The van der Waals surface area contributed by atoms with Crippen LogP contribution in [0.15, 0.2) is 71.3 Å². The van der Waals surface area contributed by atoms with Gasteiger partial charge in [0, 0.05) is 12.1 Å². The Kier molecular flexibility index (Phi) is 6.79.